The Balaban J connectivity index is 1.69. The van der Waals surface area contributed by atoms with Gasteiger partial charge in [-0.3, -0.25) is 9.67 Å². The molecular weight excluding hydrogens is 464 g/mol. The maximum Gasteiger partial charge on any atom is 0.338 e. The van der Waals surface area contributed by atoms with E-state index in [9.17, 15) is 23.8 Å². The summed E-state index contributed by atoms with van der Waals surface area (Å²) in [5.74, 6) is -1.33. The molecule has 2 unspecified atom stereocenters. The molecule has 188 valence electrons. The van der Waals surface area contributed by atoms with E-state index in [1.165, 1.54) is 43.3 Å². The number of carboxylic acid groups (broad SMARTS) is 1. The van der Waals surface area contributed by atoms with Crippen LogP contribution in [-0.4, -0.2) is 57.4 Å². The predicted octanol–water partition coefficient (Wildman–Crippen LogP) is 4.15. The highest BCUT2D eigenvalue weighted by Crippen LogP contribution is 2.40. The van der Waals surface area contributed by atoms with Crippen molar-refractivity contribution < 1.29 is 38.0 Å². The summed E-state index contributed by atoms with van der Waals surface area (Å²) in [5.41, 5.74) is 0.513. The van der Waals surface area contributed by atoms with E-state index >= 15 is 0 Å². The van der Waals surface area contributed by atoms with Crippen molar-refractivity contribution in [2.24, 2.45) is 0 Å². The Hall–Kier alpha value is -3.31. The van der Waals surface area contributed by atoms with Gasteiger partial charge in [-0.05, 0) is 36.6 Å². The molecule has 0 spiro atoms. The Labute approximate surface area is 200 Å². The number of aromatic nitrogens is 3. The molecule has 1 fully saturated rings. The number of benzene rings is 1. The molecule has 2 aromatic heterocycles. The molecule has 11 heteroatoms. The first-order valence-electron chi connectivity index (χ1n) is 11.2. The zero-order valence-electron chi connectivity index (χ0n) is 19.4. The van der Waals surface area contributed by atoms with Gasteiger partial charge in [0.2, 0.25) is 0 Å². The van der Waals surface area contributed by atoms with E-state index in [1.54, 1.807) is 6.20 Å². The number of aromatic carboxylic acids is 1. The van der Waals surface area contributed by atoms with Gasteiger partial charge in [-0.25, -0.2) is 13.6 Å². The summed E-state index contributed by atoms with van der Waals surface area (Å²) in [7, 11) is 2.54. The number of rotatable bonds is 10. The molecule has 1 aromatic carbocycles. The minimum absolute atomic E-state index is 0.0135. The number of aliphatic hydroxyl groups is 1. The largest absolute Gasteiger partial charge is 0.496 e. The molecule has 2 N–H and O–H groups in total. The van der Waals surface area contributed by atoms with E-state index in [0.717, 1.165) is 25.7 Å². The molecule has 0 bridgehead atoms. The van der Waals surface area contributed by atoms with E-state index in [-0.39, 0.29) is 40.8 Å². The Bertz CT molecular complexity index is 1170. The molecule has 0 amide bonds. The highest BCUT2D eigenvalue weighted by Gasteiger charge is 2.31. The molecule has 2 heterocycles. The monoisotopic (exact) mass is 491 g/mol. The molecule has 2 atom stereocenters. The standard InChI is InChI=1S/C24H27F2N3O6/c1-33-17-9-13(10-18(34-2)20(17)23(25)26)22(30)19(35-14-5-3-4-6-14)12-29-11-16-21(28-29)15(24(31)32)7-8-27-16/h7-11,14,19,22-23,30H,3-6,12H2,1-2H3,(H,31,32). The van der Waals surface area contributed by atoms with E-state index in [1.807, 2.05) is 0 Å². The fourth-order valence-corrected chi connectivity index (χ4v) is 4.47. The maximum absolute atomic E-state index is 13.6. The topological polar surface area (TPSA) is 116 Å². The van der Waals surface area contributed by atoms with E-state index < -0.39 is 30.2 Å². The van der Waals surface area contributed by atoms with Crippen molar-refractivity contribution >= 4 is 17.0 Å². The first kappa shape index (κ1) is 24.8. The molecule has 0 saturated heterocycles. The zero-order chi connectivity index (χ0) is 25.1. The van der Waals surface area contributed by atoms with Crippen LogP contribution in [0.3, 0.4) is 0 Å². The Morgan fingerprint density at radius 1 is 1.20 bits per heavy atom. The van der Waals surface area contributed by atoms with Crippen LogP contribution in [0.25, 0.3) is 11.0 Å². The normalized spacial score (nSPS) is 16.1. The number of fused-ring (bicyclic) bond motifs is 1. The van der Waals surface area contributed by atoms with Gasteiger partial charge < -0.3 is 24.4 Å². The lowest BCUT2D eigenvalue weighted by molar-refractivity contribution is -0.0845. The Kier molecular flexibility index (Phi) is 7.46. The van der Waals surface area contributed by atoms with Crippen molar-refractivity contribution in [2.45, 2.75) is 57.0 Å². The lowest BCUT2D eigenvalue weighted by Crippen LogP contribution is -2.31. The van der Waals surface area contributed by atoms with Gasteiger partial charge in [0, 0.05) is 6.20 Å². The highest BCUT2D eigenvalue weighted by atomic mass is 19.3. The fraction of sp³-hybridized carbons (Fsp3) is 0.458. The smallest absolute Gasteiger partial charge is 0.338 e. The molecule has 1 saturated carbocycles. The molecule has 1 aliphatic carbocycles. The molecule has 35 heavy (non-hydrogen) atoms. The van der Waals surface area contributed by atoms with Crippen LogP contribution in [0.15, 0.2) is 30.6 Å². The molecule has 3 aromatic rings. The summed E-state index contributed by atoms with van der Waals surface area (Å²) in [5, 5.41) is 25.1. The van der Waals surface area contributed by atoms with Crippen LogP contribution in [0, 0.1) is 0 Å². The number of hydrogen-bond acceptors (Lipinski definition) is 7. The third-order valence-corrected chi connectivity index (χ3v) is 6.20. The van der Waals surface area contributed by atoms with E-state index in [0.29, 0.717) is 5.52 Å². The third-order valence-electron chi connectivity index (χ3n) is 6.20. The summed E-state index contributed by atoms with van der Waals surface area (Å²) in [4.78, 5) is 15.7. The lowest BCUT2D eigenvalue weighted by Gasteiger charge is -2.27. The van der Waals surface area contributed by atoms with Crippen LogP contribution in [-0.2, 0) is 11.3 Å². The van der Waals surface area contributed by atoms with E-state index in [2.05, 4.69) is 10.1 Å². The number of carboxylic acids is 1. The van der Waals surface area contributed by atoms with Crippen LogP contribution in [0.4, 0.5) is 8.78 Å². The zero-order valence-corrected chi connectivity index (χ0v) is 19.4. The molecule has 9 nitrogen and oxygen atoms in total. The van der Waals surface area contributed by atoms with E-state index in [4.69, 9.17) is 14.2 Å². The summed E-state index contributed by atoms with van der Waals surface area (Å²) >= 11 is 0. The van der Waals surface area contributed by atoms with Crippen molar-refractivity contribution in [2.75, 3.05) is 14.2 Å². The van der Waals surface area contributed by atoms with Gasteiger partial charge in [0.1, 0.15) is 40.3 Å². The van der Waals surface area contributed by atoms with Gasteiger partial charge >= 0.3 is 5.97 Å². The average molecular weight is 491 g/mol. The molecule has 1 aliphatic rings. The van der Waals surface area contributed by atoms with Gasteiger partial charge in [-0.1, -0.05) is 12.8 Å². The number of ether oxygens (including phenoxy) is 3. The second-order valence-electron chi connectivity index (χ2n) is 8.41. The number of aliphatic hydroxyl groups excluding tert-OH is 1. The number of pyridine rings is 1. The van der Waals surface area contributed by atoms with Crippen molar-refractivity contribution in [1.29, 1.82) is 0 Å². The van der Waals surface area contributed by atoms with Crippen molar-refractivity contribution in [1.82, 2.24) is 14.8 Å². The lowest BCUT2D eigenvalue weighted by atomic mass is 10.00. The summed E-state index contributed by atoms with van der Waals surface area (Å²) in [6.07, 6.45) is 1.73. The van der Waals surface area contributed by atoms with Crippen LogP contribution in [0.5, 0.6) is 11.5 Å². The highest BCUT2D eigenvalue weighted by molar-refractivity contribution is 6.00. The van der Waals surface area contributed by atoms with Gasteiger partial charge in [0.05, 0.1) is 38.6 Å². The van der Waals surface area contributed by atoms with Gasteiger partial charge in [0.25, 0.3) is 6.43 Å². The van der Waals surface area contributed by atoms with Gasteiger partial charge in [-0.15, -0.1) is 0 Å². The summed E-state index contributed by atoms with van der Waals surface area (Å²) in [6.45, 7) is 0.0777. The molecular formula is C24H27F2N3O6. The third kappa shape index (κ3) is 5.20. The summed E-state index contributed by atoms with van der Waals surface area (Å²) in [6, 6.07) is 4.07. The summed E-state index contributed by atoms with van der Waals surface area (Å²) < 4.78 is 45.2. The molecule has 0 radical (unpaired) electrons. The first-order valence-corrected chi connectivity index (χ1v) is 11.2. The van der Waals surface area contributed by atoms with Gasteiger partial charge in [0.15, 0.2) is 0 Å². The second-order valence-corrected chi connectivity index (χ2v) is 8.41. The SMILES string of the molecule is COc1cc(C(O)C(Cn2cc3nccc(C(=O)O)c3n2)OC2CCCC2)cc(OC)c1C(F)F. The Morgan fingerprint density at radius 2 is 1.86 bits per heavy atom. The minimum Gasteiger partial charge on any atom is -0.496 e. The van der Waals surface area contributed by atoms with Crippen LogP contribution < -0.4 is 9.47 Å². The average Bonchev–Trinajstić information content (AvgIpc) is 3.51. The predicted molar refractivity (Wildman–Crippen MR) is 121 cm³/mol. The van der Waals surface area contributed by atoms with Crippen LogP contribution >= 0.6 is 0 Å². The number of hydrogen-bond donors (Lipinski definition) is 2. The van der Waals surface area contributed by atoms with Crippen molar-refractivity contribution in [3.05, 3.63) is 47.3 Å². The minimum atomic E-state index is -2.83. The van der Waals surface area contributed by atoms with Gasteiger partial charge in [-0.2, -0.15) is 5.10 Å². The number of alkyl halides is 2. The van der Waals surface area contributed by atoms with Crippen LogP contribution in [0.1, 0.15) is 59.7 Å². The molecule has 0 aliphatic heterocycles. The number of carbonyl (C=O) groups is 1. The second kappa shape index (κ2) is 10.5. The quantitative estimate of drug-likeness (QED) is 0.435. The number of nitrogens with zero attached hydrogens (tertiary/aromatic N) is 3. The van der Waals surface area contributed by atoms with Crippen molar-refractivity contribution in [3.8, 4) is 11.5 Å². The molecule has 4 rings (SSSR count). The first-order chi connectivity index (χ1) is 16.8. The fourth-order valence-electron chi connectivity index (χ4n) is 4.47. The number of methoxy groups -OCH3 is 2. The Morgan fingerprint density at radius 3 is 2.43 bits per heavy atom. The van der Waals surface area contributed by atoms with Crippen LogP contribution in [0.2, 0.25) is 0 Å². The van der Waals surface area contributed by atoms with Crippen molar-refractivity contribution in [3.63, 3.8) is 0 Å². The number of halogens is 2. The maximum atomic E-state index is 13.6.